The van der Waals surface area contributed by atoms with Gasteiger partial charge in [0.2, 0.25) is 0 Å². The lowest BCUT2D eigenvalue weighted by atomic mass is 10.1. The van der Waals surface area contributed by atoms with Crippen molar-refractivity contribution in [2.75, 3.05) is 32.2 Å². The maximum Gasteiger partial charge on any atom is 0.251 e. The molecular formula is C24H25N3O3. The van der Waals surface area contributed by atoms with Crippen LogP contribution in [0.15, 0.2) is 67.0 Å². The van der Waals surface area contributed by atoms with Crippen LogP contribution in [0.25, 0.3) is 0 Å². The number of aromatic nitrogens is 1. The maximum absolute atomic E-state index is 12.9. The Morgan fingerprint density at radius 2 is 1.93 bits per heavy atom. The Labute approximate surface area is 176 Å². The molecule has 6 nitrogen and oxygen atoms in total. The summed E-state index contributed by atoms with van der Waals surface area (Å²) >= 11 is 0. The Hall–Kier alpha value is -3.54. The Kier molecular flexibility index (Phi) is 5.84. The lowest BCUT2D eigenvalue weighted by Gasteiger charge is -2.31. The third-order valence-corrected chi connectivity index (χ3v) is 5.47. The van der Waals surface area contributed by atoms with Gasteiger partial charge in [-0.1, -0.05) is 24.3 Å². The van der Waals surface area contributed by atoms with Crippen LogP contribution in [0.3, 0.4) is 0 Å². The van der Waals surface area contributed by atoms with Crippen molar-refractivity contribution in [1.82, 2.24) is 10.3 Å². The lowest BCUT2D eigenvalue weighted by Crippen LogP contribution is -2.37. The number of hydrogen-bond acceptors (Lipinski definition) is 5. The van der Waals surface area contributed by atoms with Crippen LogP contribution >= 0.6 is 0 Å². The first kappa shape index (κ1) is 19.8. The molecule has 1 aliphatic rings. The number of methoxy groups -OCH3 is 2. The first-order valence-corrected chi connectivity index (χ1v) is 9.96. The molecule has 1 amide bonds. The molecule has 0 radical (unpaired) electrons. The van der Waals surface area contributed by atoms with E-state index in [1.54, 1.807) is 38.6 Å². The smallest absolute Gasteiger partial charge is 0.251 e. The van der Waals surface area contributed by atoms with Crippen LogP contribution in [-0.4, -0.2) is 38.2 Å². The molecule has 30 heavy (non-hydrogen) atoms. The average Bonchev–Trinajstić information content (AvgIpc) is 3.23. The Morgan fingerprint density at radius 3 is 2.70 bits per heavy atom. The second kappa shape index (κ2) is 8.86. The molecule has 1 aliphatic heterocycles. The van der Waals surface area contributed by atoms with E-state index < -0.39 is 0 Å². The molecule has 154 valence electrons. The van der Waals surface area contributed by atoms with Crippen molar-refractivity contribution in [2.24, 2.45) is 0 Å². The van der Waals surface area contributed by atoms with Crippen LogP contribution in [0.2, 0.25) is 0 Å². The third-order valence-electron chi connectivity index (χ3n) is 5.47. The summed E-state index contributed by atoms with van der Waals surface area (Å²) in [7, 11) is 3.13. The van der Waals surface area contributed by atoms with Crippen molar-refractivity contribution in [2.45, 2.75) is 12.5 Å². The van der Waals surface area contributed by atoms with Gasteiger partial charge in [0.1, 0.15) is 0 Å². The summed E-state index contributed by atoms with van der Waals surface area (Å²) in [6, 6.07) is 17.6. The van der Waals surface area contributed by atoms with Crippen LogP contribution in [0.5, 0.6) is 11.5 Å². The number of anilines is 1. The molecule has 1 N–H and O–H groups in total. The number of amides is 1. The summed E-state index contributed by atoms with van der Waals surface area (Å²) in [5.74, 6) is 0.968. The van der Waals surface area contributed by atoms with Crippen molar-refractivity contribution in [3.63, 3.8) is 0 Å². The highest BCUT2D eigenvalue weighted by atomic mass is 16.5. The van der Waals surface area contributed by atoms with Gasteiger partial charge in [0, 0.05) is 36.7 Å². The average molecular weight is 403 g/mol. The third kappa shape index (κ3) is 3.94. The second-order valence-electron chi connectivity index (χ2n) is 7.15. The van der Waals surface area contributed by atoms with E-state index in [2.05, 4.69) is 45.5 Å². The van der Waals surface area contributed by atoms with E-state index in [9.17, 15) is 4.79 Å². The highest BCUT2D eigenvalue weighted by Gasteiger charge is 2.27. The number of pyridine rings is 1. The van der Waals surface area contributed by atoms with Gasteiger partial charge in [-0.15, -0.1) is 0 Å². The molecule has 3 aromatic rings. The fraction of sp³-hybridized carbons (Fsp3) is 0.250. The number of rotatable bonds is 7. The predicted molar refractivity (Wildman–Crippen MR) is 116 cm³/mol. The van der Waals surface area contributed by atoms with Gasteiger partial charge in [-0.25, -0.2) is 0 Å². The summed E-state index contributed by atoms with van der Waals surface area (Å²) in [6.07, 6.45) is 4.63. The summed E-state index contributed by atoms with van der Waals surface area (Å²) in [5, 5.41) is 3.09. The molecule has 2 aromatic carbocycles. The second-order valence-corrected chi connectivity index (χ2v) is 7.15. The molecule has 0 fully saturated rings. The molecule has 1 aromatic heterocycles. The van der Waals surface area contributed by atoms with Gasteiger partial charge in [0.15, 0.2) is 11.5 Å². The number of para-hydroxylation sites is 1. The monoisotopic (exact) mass is 403 g/mol. The molecule has 1 atom stereocenters. The minimum Gasteiger partial charge on any atom is -0.493 e. The van der Waals surface area contributed by atoms with E-state index in [0.717, 1.165) is 18.5 Å². The Balaban J connectivity index is 1.56. The molecule has 0 aliphatic carbocycles. The van der Waals surface area contributed by atoms with Crippen molar-refractivity contribution in [1.29, 1.82) is 0 Å². The van der Waals surface area contributed by atoms with E-state index in [1.165, 1.54) is 11.3 Å². The summed E-state index contributed by atoms with van der Waals surface area (Å²) in [6.45, 7) is 1.37. The number of nitrogens with zero attached hydrogens (tertiary/aromatic N) is 2. The normalized spacial score (nSPS) is 13.5. The zero-order valence-electron chi connectivity index (χ0n) is 17.2. The molecule has 0 saturated heterocycles. The van der Waals surface area contributed by atoms with E-state index in [-0.39, 0.29) is 11.9 Å². The van der Waals surface area contributed by atoms with E-state index in [1.807, 2.05) is 12.3 Å². The number of fused-ring (bicyclic) bond motifs is 1. The molecule has 0 saturated carbocycles. The molecule has 0 bridgehead atoms. The van der Waals surface area contributed by atoms with Crippen molar-refractivity contribution in [3.05, 3.63) is 83.7 Å². The van der Waals surface area contributed by atoms with Gasteiger partial charge in [-0.2, -0.15) is 0 Å². The number of nitrogens with one attached hydrogen (secondary N) is 1. The largest absolute Gasteiger partial charge is 0.493 e. The quantitative estimate of drug-likeness (QED) is 0.653. The minimum atomic E-state index is -0.155. The number of carbonyl (C=O) groups excluding carboxylic acids is 1. The molecular weight excluding hydrogens is 378 g/mol. The summed E-state index contributed by atoms with van der Waals surface area (Å²) in [4.78, 5) is 19.5. The predicted octanol–water partition coefficient (Wildman–Crippen LogP) is 3.63. The molecule has 0 spiro atoms. The van der Waals surface area contributed by atoms with E-state index in [4.69, 9.17) is 9.47 Å². The summed E-state index contributed by atoms with van der Waals surface area (Å²) in [5.41, 5.74) is 4.14. The van der Waals surface area contributed by atoms with Crippen molar-refractivity contribution in [3.8, 4) is 11.5 Å². The summed E-state index contributed by atoms with van der Waals surface area (Å²) < 4.78 is 10.6. The molecule has 0 unspecified atom stereocenters. The van der Waals surface area contributed by atoms with E-state index >= 15 is 0 Å². The molecule has 4 rings (SSSR count). The van der Waals surface area contributed by atoms with Gasteiger partial charge >= 0.3 is 0 Å². The highest BCUT2D eigenvalue weighted by Crippen LogP contribution is 2.34. The van der Waals surface area contributed by atoms with Gasteiger partial charge in [0.05, 0.1) is 20.3 Å². The van der Waals surface area contributed by atoms with Gasteiger partial charge in [-0.05, 0) is 47.9 Å². The number of benzene rings is 2. The van der Waals surface area contributed by atoms with Crippen LogP contribution in [0.1, 0.15) is 27.5 Å². The zero-order valence-corrected chi connectivity index (χ0v) is 17.2. The lowest BCUT2D eigenvalue weighted by molar-refractivity contribution is 0.0950. The van der Waals surface area contributed by atoms with Gasteiger partial charge in [0.25, 0.3) is 5.91 Å². The Bertz CT molecular complexity index is 1020. The molecule has 6 heteroatoms. The van der Waals surface area contributed by atoms with Crippen LogP contribution in [0.4, 0.5) is 5.69 Å². The SMILES string of the molecule is COc1ccc(C(=O)NC[C@H](c2cccnc2)N2CCc3ccccc32)cc1OC. The zero-order chi connectivity index (χ0) is 20.9. The highest BCUT2D eigenvalue weighted by molar-refractivity contribution is 5.95. The minimum absolute atomic E-state index is 0.00792. The van der Waals surface area contributed by atoms with Crippen molar-refractivity contribution < 1.29 is 14.3 Å². The maximum atomic E-state index is 12.9. The topological polar surface area (TPSA) is 63.7 Å². The standard InChI is InChI=1S/C24H25N3O3/c1-29-22-10-9-18(14-23(22)30-2)24(28)26-16-21(19-7-5-12-25-15-19)27-13-11-17-6-3-4-8-20(17)27/h3-10,12,14-15,21H,11,13,16H2,1-2H3,(H,26,28)/t21-/m1/s1. The fourth-order valence-corrected chi connectivity index (χ4v) is 3.94. The van der Waals surface area contributed by atoms with Gasteiger partial charge < -0.3 is 19.7 Å². The van der Waals surface area contributed by atoms with Gasteiger partial charge in [-0.3, -0.25) is 9.78 Å². The first-order chi connectivity index (χ1) is 14.7. The molecule has 2 heterocycles. The van der Waals surface area contributed by atoms with E-state index in [0.29, 0.717) is 23.6 Å². The van der Waals surface area contributed by atoms with Crippen LogP contribution in [-0.2, 0) is 6.42 Å². The number of carbonyl (C=O) groups is 1. The fourth-order valence-electron chi connectivity index (χ4n) is 3.94. The number of ether oxygens (including phenoxy) is 2. The van der Waals surface area contributed by atoms with Crippen LogP contribution < -0.4 is 19.7 Å². The first-order valence-electron chi connectivity index (χ1n) is 9.96. The Morgan fingerprint density at radius 1 is 1.10 bits per heavy atom. The number of hydrogen-bond donors (Lipinski definition) is 1. The van der Waals surface area contributed by atoms with Crippen molar-refractivity contribution >= 4 is 11.6 Å². The van der Waals surface area contributed by atoms with Crippen LogP contribution in [0, 0.1) is 0 Å².